The molecule has 0 saturated carbocycles. The summed E-state index contributed by atoms with van der Waals surface area (Å²) >= 11 is 0. The molecule has 2 amide bonds. The van der Waals surface area contributed by atoms with Crippen molar-refractivity contribution in [3.8, 4) is 44.5 Å². The number of aromatic nitrogens is 6. The lowest BCUT2D eigenvalue weighted by atomic mass is 9.96. The van der Waals surface area contributed by atoms with Crippen molar-refractivity contribution >= 4 is 56.0 Å². The van der Waals surface area contributed by atoms with Gasteiger partial charge in [0.15, 0.2) is 11.3 Å². The first kappa shape index (κ1) is 44.1. The first-order valence-corrected chi connectivity index (χ1v) is 24.0. The average molecular weight is 924 g/mol. The van der Waals surface area contributed by atoms with Gasteiger partial charge < -0.3 is 25.8 Å². The Labute approximate surface area is 405 Å². The third-order valence-corrected chi connectivity index (χ3v) is 13.7. The summed E-state index contributed by atoms with van der Waals surface area (Å²) < 4.78 is 3.67. The van der Waals surface area contributed by atoms with Gasteiger partial charge in [-0.1, -0.05) is 84.9 Å². The molecule has 6 heterocycles. The summed E-state index contributed by atoms with van der Waals surface area (Å²) in [5.74, 6) is -0.194. The van der Waals surface area contributed by atoms with E-state index < -0.39 is 0 Å². The highest BCUT2D eigenvalue weighted by Gasteiger charge is 2.18. The maximum absolute atomic E-state index is 12.4. The fourth-order valence-electron chi connectivity index (χ4n) is 9.99. The van der Waals surface area contributed by atoms with E-state index in [0.29, 0.717) is 11.1 Å². The predicted molar refractivity (Wildman–Crippen MR) is 281 cm³/mol. The Hall–Kier alpha value is -8.42. The number of piperidine rings is 1. The summed E-state index contributed by atoms with van der Waals surface area (Å²) in [5, 5.41) is 21.9. The molecule has 0 bridgehead atoms. The van der Waals surface area contributed by atoms with Crippen molar-refractivity contribution in [3.63, 3.8) is 0 Å². The Bertz CT molecular complexity index is 3300. The molecule has 4 aromatic heterocycles. The molecule has 0 atom stereocenters. The Morgan fingerprint density at radius 2 is 0.886 bits per heavy atom. The van der Waals surface area contributed by atoms with E-state index in [1.54, 1.807) is 14.1 Å². The van der Waals surface area contributed by atoms with Gasteiger partial charge >= 0.3 is 0 Å². The van der Waals surface area contributed by atoms with Crippen molar-refractivity contribution in [1.82, 2.24) is 45.1 Å². The third kappa shape index (κ3) is 8.45. The first-order chi connectivity index (χ1) is 34.4. The summed E-state index contributed by atoms with van der Waals surface area (Å²) in [5.41, 5.74) is 13.6. The number of hydrogen-bond acceptors (Lipinski definition) is 9. The molecule has 13 heteroatoms. The van der Waals surface area contributed by atoms with Crippen LogP contribution in [0.5, 0.6) is 0 Å². The van der Waals surface area contributed by atoms with E-state index in [2.05, 4.69) is 96.6 Å². The molecule has 0 radical (unpaired) electrons. The number of nitrogens with zero attached hydrogens (tertiary/aromatic N) is 8. The highest BCUT2D eigenvalue weighted by molar-refractivity contribution is 6.12. The Morgan fingerprint density at radius 1 is 0.457 bits per heavy atom. The highest BCUT2D eigenvalue weighted by Crippen LogP contribution is 2.35. The lowest BCUT2D eigenvalue weighted by molar-refractivity contribution is 0.0956. The van der Waals surface area contributed by atoms with Crippen molar-refractivity contribution in [3.05, 3.63) is 170 Å². The topological polar surface area (TPSA) is 137 Å². The van der Waals surface area contributed by atoms with Crippen LogP contribution in [0.2, 0.25) is 0 Å². The molecular formula is C57H53N11O2. The smallest absolute Gasteiger partial charge is 0.251 e. The summed E-state index contributed by atoms with van der Waals surface area (Å²) in [6, 6.07) is 41.0. The molecule has 0 spiro atoms. The second-order valence-electron chi connectivity index (χ2n) is 17.8. The molecule has 0 aliphatic carbocycles. The average Bonchev–Trinajstić information content (AvgIpc) is 4.07. The number of fused-ring (bicyclic) bond motifs is 4. The maximum Gasteiger partial charge on any atom is 0.251 e. The molecule has 2 aliphatic rings. The van der Waals surface area contributed by atoms with Gasteiger partial charge in [0.05, 0.1) is 12.4 Å². The van der Waals surface area contributed by atoms with Crippen molar-refractivity contribution in [2.24, 2.45) is 0 Å². The SMILES string of the molecule is CNC(=O)c1cccc2c(-c3cnn4cc(-c5ccc(N6CCCCC6)cc5)cnc34)cccc12.CNC(=O)c1cccc2c(-c3cnn4cc(-c5ccc(N6CCNCC6)cc5)cnc34)cccc12. The van der Waals surface area contributed by atoms with Crippen molar-refractivity contribution in [2.75, 3.05) is 63.2 Å². The molecular weight excluding hydrogens is 871 g/mol. The minimum atomic E-state index is -0.0987. The molecule has 0 unspecified atom stereocenters. The number of amides is 2. The molecule has 2 fully saturated rings. The van der Waals surface area contributed by atoms with Gasteiger partial charge in [-0.2, -0.15) is 10.2 Å². The van der Waals surface area contributed by atoms with Gasteiger partial charge in [-0.05, 0) is 99.5 Å². The molecule has 348 valence electrons. The zero-order chi connectivity index (χ0) is 47.6. The van der Waals surface area contributed by atoms with Gasteiger partial charge in [0, 0.05) is 123 Å². The van der Waals surface area contributed by atoms with E-state index in [4.69, 9.17) is 9.97 Å². The zero-order valence-corrected chi connectivity index (χ0v) is 39.3. The Morgan fingerprint density at radius 3 is 1.34 bits per heavy atom. The molecule has 6 aromatic carbocycles. The van der Waals surface area contributed by atoms with E-state index >= 15 is 0 Å². The Balaban J connectivity index is 0.000000152. The standard InChI is InChI=1S/C29H27N5O.C28H26N6O/c1-30-29(35)26-10-6-7-23-24(26)8-5-9-25(23)27-18-32-34-19-21(17-31-28(27)34)20-11-13-22(14-12-20)33-15-3-2-4-16-33;1-29-28(35)25-7-3-4-22-23(25)5-2-6-24(22)26-17-32-34-18-20(16-31-27(26)34)19-8-10-21(11-9-19)33-14-12-30-13-15-33/h5-14,17-19H,2-4,15-16H2,1H3,(H,30,35);2-11,16-18,30H,12-15H2,1H3,(H,29,35). The van der Waals surface area contributed by atoms with E-state index in [1.165, 1.54) is 30.6 Å². The number of carbonyl (C=O) groups excluding carboxylic acids is 2. The highest BCUT2D eigenvalue weighted by atomic mass is 16.2. The lowest BCUT2D eigenvalue weighted by Crippen LogP contribution is -2.43. The number of benzene rings is 6. The number of nitrogens with one attached hydrogen (secondary N) is 3. The van der Waals surface area contributed by atoms with Gasteiger partial charge in [0.25, 0.3) is 11.8 Å². The van der Waals surface area contributed by atoms with Crippen LogP contribution in [-0.4, -0.2) is 94.4 Å². The molecule has 10 aromatic rings. The van der Waals surface area contributed by atoms with Crippen molar-refractivity contribution in [2.45, 2.75) is 19.3 Å². The number of rotatable bonds is 8. The molecule has 70 heavy (non-hydrogen) atoms. The monoisotopic (exact) mass is 923 g/mol. The van der Waals surface area contributed by atoms with E-state index in [1.807, 2.05) is 107 Å². The van der Waals surface area contributed by atoms with Gasteiger partial charge in [-0.15, -0.1) is 0 Å². The van der Waals surface area contributed by atoms with Gasteiger partial charge in [0.2, 0.25) is 0 Å². The van der Waals surface area contributed by atoms with Crippen molar-refractivity contribution < 1.29 is 9.59 Å². The van der Waals surface area contributed by atoms with E-state index in [0.717, 1.165) is 117 Å². The fraction of sp³-hybridized carbons (Fsp3) is 0.193. The van der Waals surface area contributed by atoms with E-state index in [-0.39, 0.29) is 11.8 Å². The quantitative estimate of drug-likeness (QED) is 0.136. The number of anilines is 2. The zero-order valence-electron chi connectivity index (χ0n) is 39.3. The minimum absolute atomic E-state index is 0.0957. The maximum atomic E-state index is 12.4. The molecule has 3 N–H and O–H groups in total. The summed E-state index contributed by atoms with van der Waals surface area (Å²) in [4.78, 5) is 39.2. The van der Waals surface area contributed by atoms with Crippen LogP contribution in [0.4, 0.5) is 11.4 Å². The molecule has 2 saturated heterocycles. The van der Waals surface area contributed by atoms with Crippen LogP contribution >= 0.6 is 0 Å². The van der Waals surface area contributed by atoms with Crippen LogP contribution in [0, 0.1) is 0 Å². The van der Waals surface area contributed by atoms with Gasteiger partial charge in [-0.3, -0.25) is 9.59 Å². The number of piperazine rings is 1. The van der Waals surface area contributed by atoms with Crippen LogP contribution in [0.15, 0.2) is 159 Å². The normalized spacial score (nSPS) is 13.9. The number of hydrogen-bond donors (Lipinski definition) is 3. The van der Waals surface area contributed by atoms with Gasteiger partial charge in [-0.25, -0.2) is 19.0 Å². The summed E-state index contributed by atoms with van der Waals surface area (Å²) in [6.07, 6.45) is 15.4. The third-order valence-electron chi connectivity index (χ3n) is 13.7. The summed E-state index contributed by atoms with van der Waals surface area (Å²) in [7, 11) is 3.30. The summed E-state index contributed by atoms with van der Waals surface area (Å²) in [6.45, 7) is 6.38. The van der Waals surface area contributed by atoms with Crippen molar-refractivity contribution in [1.29, 1.82) is 0 Å². The molecule has 2 aliphatic heterocycles. The second-order valence-corrected chi connectivity index (χ2v) is 17.8. The number of carbonyl (C=O) groups is 2. The van der Waals surface area contributed by atoms with Crippen LogP contribution in [0.1, 0.15) is 40.0 Å². The largest absolute Gasteiger partial charge is 0.372 e. The Kier molecular flexibility index (Phi) is 12.2. The first-order valence-electron chi connectivity index (χ1n) is 24.0. The van der Waals surface area contributed by atoms with E-state index in [9.17, 15) is 9.59 Å². The van der Waals surface area contributed by atoms with Crippen LogP contribution in [-0.2, 0) is 0 Å². The second kappa shape index (κ2) is 19.3. The van der Waals surface area contributed by atoms with Crippen LogP contribution in [0.25, 0.3) is 77.3 Å². The van der Waals surface area contributed by atoms with Crippen LogP contribution < -0.4 is 25.8 Å². The van der Waals surface area contributed by atoms with Gasteiger partial charge in [0.1, 0.15) is 0 Å². The fourth-order valence-corrected chi connectivity index (χ4v) is 9.99. The molecule has 12 rings (SSSR count). The van der Waals surface area contributed by atoms with Crippen LogP contribution in [0.3, 0.4) is 0 Å². The minimum Gasteiger partial charge on any atom is -0.372 e. The molecule has 13 nitrogen and oxygen atoms in total. The predicted octanol–water partition coefficient (Wildman–Crippen LogP) is 9.55. The lowest BCUT2D eigenvalue weighted by Gasteiger charge is -2.29.